The quantitative estimate of drug-likeness (QED) is 0.0200. The van der Waals surface area contributed by atoms with Gasteiger partial charge in [0.25, 0.3) is 0 Å². The summed E-state index contributed by atoms with van der Waals surface area (Å²) in [6.45, 7) is 6.38. The van der Waals surface area contributed by atoms with Crippen LogP contribution in [0.2, 0.25) is 0 Å². The molecule has 0 aromatic heterocycles. The fraction of sp³-hybridized carbons (Fsp3) is 0.685. The van der Waals surface area contributed by atoms with Crippen LogP contribution in [0.3, 0.4) is 0 Å². The van der Waals surface area contributed by atoms with Crippen LogP contribution in [0, 0.1) is 0 Å². The number of esters is 3. The second-order valence-electron chi connectivity index (χ2n) is 16.1. The maximum atomic E-state index is 12.7. The molecule has 0 fully saturated rings. The van der Waals surface area contributed by atoms with Crippen molar-refractivity contribution in [2.24, 2.45) is 0 Å². The summed E-state index contributed by atoms with van der Waals surface area (Å²) in [7, 11) is 0. The second-order valence-corrected chi connectivity index (χ2v) is 16.1. The summed E-state index contributed by atoms with van der Waals surface area (Å²) < 4.78 is 16.7. The Morgan fingerprint density at radius 2 is 0.750 bits per heavy atom. The summed E-state index contributed by atoms with van der Waals surface area (Å²) in [5.74, 6) is -1.04. The van der Waals surface area contributed by atoms with E-state index in [4.69, 9.17) is 14.2 Å². The number of allylic oxidation sites excluding steroid dienone is 14. The molecule has 0 aliphatic rings. The Morgan fingerprint density at radius 3 is 1.27 bits per heavy atom. The van der Waals surface area contributed by atoms with Crippen molar-refractivity contribution in [3.63, 3.8) is 0 Å². The molecule has 0 spiro atoms. The van der Waals surface area contributed by atoms with E-state index in [1.54, 1.807) is 0 Å². The van der Waals surface area contributed by atoms with Crippen molar-refractivity contribution < 1.29 is 28.6 Å². The number of ether oxygens (including phenoxy) is 3. The largest absolute Gasteiger partial charge is 0.462 e. The van der Waals surface area contributed by atoms with Crippen LogP contribution in [0.4, 0.5) is 0 Å². The molecule has 0 radical (unpaired) electrons. The van der Waals surface area contributed by atoms with Gasteiger partial charge in [0.1, 0.15) is 13.2 Å². The minimum absolute atomic E-state index is 0.117. The predicted octanol–water partition coefficient (Wildman–Crippen LogP) is 16.0. The van der Waals surface area contributed by atoms with Crippen LogP contribution >= 0.6 is 0 Å². The monoisotopic (exact) mass is 835 g/mol. The number of hydrogen-bond donors (Lipinski definition) is 0. The van der Waals surface area contributed by atoms with E-state index in [-0.39, 0.29) is 44.0 Å². The fourth-order valence-corrected chi connectivity index (χ4v) is 6.48. The topological polar surface area (TPSA) is 78.9 Å². The van der Waals surface area contributed by atoms with Crippen molar-refractivity contribution >= 4 is 17.9 Å². The third-order valence-corrected chi connectivity index (χ3v) is 10.2. The molecule has 0 aliphatic heterocycles. The number of unbranched alkanes of at least 4 members (excludes halogenated alkanes) is 21. The van der Waals surface area contributed by atoms with E-state index < -0.39 is 6.10 Å². The lowest BCUT2D eigenvalue weighted by Crippen LogP contribution is -2.30. The highest BCUT2D eigenvalue weighted by molar-refractivity contribution is 5.71. The zero-order valence-corrected chi connectivity index (χ0v) is 38.9. The van der Waals surface area contributed by atoms with Crippen LogP contribution in [0.25, 0.3) is 0 Å². The van der Waals surface area contributed by atoms with Gasteiger partial charge in [-0.2, -0.15) is 0 Å². The van der Waals surface area contributed by atoms with Gasteiger partial charge in [0.2, 0.25) is 0 Å². The average Bonchev–Trinajstić information content (AvgIpc) is 3.24. The van der Waals surface area contributed by atoms with Crippen LogP contribution in [0.15, 0.2) is 85.1 Å². The molecule has 0 N–H and O–H groups in total. The van der Waals surface area contributed by atoms with E-state index in [0.717, 1.165) is 89.9 Å². The molecular formula is C54H90O6. The lowest BCUT2D eigenvalue weighted by molar-refractivity contribution is -0.166. The zero-order chi connectivity index (χ0) is 43.7. The minimum Gasteiger partial charge on any atom is -0.462 e. The molecule has 0 aromatic carbocycles. The Balaban J connectivity index is 4.52. The zero-order valence-electron chi connectivity index (χ0n) is 38.9. The van der Waals surface area contributed by atoms with Gasteiger partial charge in [0.15, 0.2) is 6.10 Å². The molecule has 0 aliphatic carbocycles. The van der Waals surface area contributed by atoms with E-state index in [0.29, 0.717) is 12.8 Å². The van der Waals surface area contributed by atoms with Gasteiger partial charge in [0.05, 0.1) is 0 Å². The van der Waals surface area contributed by atoms with E-state index in [1.165, 1.54) is 83.5 Å². The Kier molecular flexibility index (Phi) is 45.5. The van der Waals surface area contributed by atoms with Crippen LogP contribution < -0.4 is 0 Å². The first-order valence-corrected chi connectivity index (χ1v) is 24.6. The normalized spacial score (nSPS) is 12.8. The van der Waals surface area contributed by atoms with Crippen molar-refractivity contribution in [2.75, 3.05) is 13.2 Å². The highest BCUT2D eigenvalue weighted by Crippen LogP contribution is 2.12. The second kappa shape index (κ2) is 48.3. The molecule has 6 nitrogen and oxygen atoms in total. The van der Waals surface area contributed by atoms with Crippen molar-refractivity contribution in [1.82, 2.24) is 0 Å². The Labute approximate surface area is 369 Å². The molecule has 0 saturated carbocycles. The number of rotatable bonds is 43. The van der Waals surface area contributed by atoms with E-state index in [9.17, 15) is 14.4 Å². The number of hydrogen-bond acceptors (Lipinski definition) is 6. The SMILES string of the molecule is CC\C=C/C=C\C=C/CCCCCCCC(=O)OC(COC(=O)CC/C=C\C/C=C\CCCCCCCC)COC(=O)CCCCC/C=C\C=C/CCCCCCCCC. The number of carbonyl (C=O) groups excluding carboxylic acids is 3. The van der Waals surface area contributed by atoms with Gasteiger partial charge >= 0.3 is 17.9 Å². The number of carbonyl (C=O) groups is 3. The first-order chi connectivity index (χ1) is 29.5. The van der Waals surface area contributed by atoms with Gasteiger partial charge in [-0.25, -0.2) is 0 Å². The third-order valence-electron chi connectivity index (χ3n) is 10.2. The molecule has 342 valence electrons. The van der Waals surface area contributed by atoms with Crippen molar-refractivity contribution in [2.45, 2.75) is 226 Å². The Bertz CT molecular complexity index is 1190. The molecule has 0 aromatic rings. The van der Waals surface area contributed by atoms with Gasteiger partial charge < -0.3 is 14.2 Å². The molecule has 0 rings (SSSR count). The van der Waals surface area contributed by atoms with Gasteiger partial charge in [-0.15, -0.1) is 0 Å². The standard InChI is InChI=1S/C54H90O6/c1-4-7-10-13-16-19-22-25-26-27-30-32-35-38-41-44-47-53(56)59-50-51(60-54(57)48-45-42-39-36-33-29-24-21-18-15-12-9-6-3)49-58-52(55)46-43-40-37-34-31-28-23-20-17-14-11-8-5-2/h9,12,15,18,21,24,26-28,30-32,37,40,51H,4-8,10-11,13-14,16-17,19-20,22-23,25,29,33-36,38-39,41-50H2,1-3H3/b12-9-,18-15-,24-21-,27-26-,31-28-,32-30-,40-37-. The van der Waals surface area contributed by atoms with Crippen molar-refractivity contribution in [3.8, 4) is 0 Å². The van der Waals surface area contributed by atoms with Gasteiger partial charge in [-0.05, 0) is 83.5 Å². The molecule has 60 heavy (non-hydrogen) atoms. The van der Waals surface area contributed by atoms with Crippen LogP contribution in [0.5, 0.6) is 0 Å². The third kappa shape index (κ3) is 45.7. The molecule has 0 bridgehead atoms. The smallest absolute Gasteiger partial charge is 0.306 e. The highest BCUT2D eigenvalue weighted by atomic mass is 16.6. The van der Waals surface area contributed by atoms with Crippen LogP contribution in [-0.2, 0) is 28.6 Å². The van der Waals surface area contributed by atoms with Gasteiger partial charge in [-0.3, -0.25) is 14.4 Å². The summed E-state index contributed by atoms with van der Waals surface area (Å²) in [5.41, 5.74) is 0. The minimum atomic E-state index is -0.819. The summed E-state index contributed by atoms with van der Waals surface area (Å²) >= 11 is 0. The fourth-order valence-electron chi connectivity index (χ4n) is 6.48. The average molecular weight is 835 g/mol. The summed E-state index contributed by atoms with van der Waals surface area (Å²) in [5, 5.41) is 0. The maximum absolute atomic E-state index is 12.7. The Morgan fingerprint density at radius 1 is 0.367 bits per heavy atom. The van der Waals surface area contributed by atoms with Crippen LogP contribution in [-0.4, -0.2) is 37.2 Å². The molecule has 0 heterocycles. The van der Waals surface area contributed by atoms with E-state index >= 15 is 0 Å². The predicted molar refractivity (Wildman–Crippen MR) is 256 cm³/mol. The summed E-state index contributed by atoms with van der Waals surface area (Å²) in [6, 6.07) is 0. The summed E-state index contributed by atoms with van der Waals surface area (Å²) in [4.78, 5) is 37.8. The van der Waals surface area contributed by atoms with Crippen molar-refractivity contribution in [1.29, 1.82) is 0 Å². The summed E-state index contributed by atoms with van der Waals surface area (Å²) in [6.07, 6.45) is 61.5. The van der Waals surface area contributed by atoms with E-state index in [1.807, 2.05) is 12.2 Å². The maximum Gasteiger partial charge on any atom is 0.306 e. The molecule has 6 heteroatoms. The van der Waals surface area contributed by atoms with Gasteiger partial charge in [0, 0.05) is 19.3 Å². The molecule has 1 unspecified atom stereocenters. The molecule has 0 amide bonds. The highest BCUT2D eigenvalue weighted by Gasteiger charge is 2.19. The van der Waals surface area contributed by atoms with Gasteiger partial charge in [-0.1, -0.05) is 202 Å². The molecule has 1 atom stereocenters. The first-order valence-electron chi connectivity index (χ1n) is 24.6. The molecular weight excluding hydrogens is 745 g/mol. The Hall–Kier alpha value is -3.41. The lowest BCUT2D eigenvalue weighted by Gasteiger charge is -2.18. The lowest BCUT2D eigenvalue weighted by atomic mass is 10.1. The van der Waals surface area contributed by atoms with Crippen LogP contribution in [0.1, 0.15) is 220 Å². The van der Waals surface area contributed by atoms with E-state index in [2.05, 4.69) is 93.7 Å². The van der Waals surface area contributed by atoms with Crippen molar-refractivity contribution in [3.05, 3.63) is 85.1 Å². The first kappa shape index (κ1) is 56.6. The molecule has 0 saturated heterocycles.